The van der Waals surface area contributed by atoms with Gasteiger partial charge in [0.2, 0.25) is 5.91 Å². The number of nitrogens with two attached hydrogens (primary N) is 1. The molecule has 2 N–H and O–H groups in total. The van der Waals surface area contributed by atoms with E-state index in [0.717, 1.165) is 12.8 Å². The van der Waals surface area contributed by atoms with Crippen LogP contribution in [0, 0.1) is 13.8 Å². The van der Waals surface area contributed by atoms with E-state index in [9.17, 15) is 4.79 Å². The molecule has 96 valence electrons. The van der Waals surface area contributed by atoms with Crippen molar-refractivity contribution >= 4 is 5.91 Å². The molecular formula is C15H20N2O. The van der Waals surface area contributed by atoms with Crippen molar-refractivity contribution in [3.63, 3.8) is 0 Å². The minimum Gasteiger partial charge on any atom is -0.331 e. The Hall–Kier alpha value is -1.35. The summed E-state index contributed by atoms with van der Waals surface area (Å²) in [5, 5.41) is 0. The molecule has 3 heteroatoms. The fraction of sp³-hybridized carbons (Fsp3) is 0.533. The predicted molar refractivity (Wildman–Crippen MR) is 71.1 cm³/mol. The van der Waals surface area contributed by atoms with Crippen LogP contribution in [0.5, 0.6) is 0 Å². The molecule has 0 radical (unpaired) electrons. The molecule has 1 saturated carbocycles. The summed E-state index contributed by atoms with van der Waals surface area (Å²) < 4.78 is 0. The number of rotatable bonds is 2. The van der Waals surface area contributed by atoms with Crippen molar-refractivity contribution in [2.45, 2.75) is 51.2 Å². The van der Waals surface area contributed by atoms with Gasteiger partial charge in [0.05, 0.1) is 6.04 Å². The van der Waals surface area contributed by atoms with Crippen molar-refractivity contribution in [2.24, 2.45) is 5.73 Å². The van der Waals surface area contributed by atoms with Crippen LogP contribution in [0.3, 0.4) is 0 Å². The summed E-state index contributed by atoms with van der Waals surface area (Å²) in [6.07, 6.45) is 2.77. The molecule has 0 aromatic heterocycles. The summed E-state index contributed by atoms with van der Waals surface area (Å²) in [7, 11) is 0. The molecule has 1 aliphatic heterocycles. The van der Waals surface area contributed by atoms with Gasteiger partial charge in [0.1, 0.15) is 0 Å². The Labute approximate surface area is 108 Å². The third kappa shape index (κ3) is 1.83. The van der Waals surface area contributed by atoms with Crippen LogP contribution in [-0.2, 0) is 4.79 Å². The summed E-state index contributed by atoms with van der Waals surface area (Å²) >= 11 is 0. The van der Waals surface area contributed by atoms with Gasteiger partial charge in [-0.3, -0.25) is 4.79 Å². The van der Waals surface area contributed by atoms with Crippen molar-refractivity contribution in [1.82, 2.24) is 4.90 Å². The first-order valence-corrected chi connectivity index (χ1v) is 6.72. The summed E-state index contributed by atoms with van der Waals surface area (Å²) in [6, 6.07) is 6.92. The summed E-state index contributed by atoms with van der Waals surface area (Å²) in [5.41, 5.74) is 9.94. The van der Waals surface area contributed by atoms with Crippen molar-refractivity contribution in [1.29, 1.82) is 0 Å². The van der Waals surface area contributed by atoms with Gasteiger partial charge in [0, 0.05) is 18.5 Å². The number of nitrogens with zero attached hydrogens (tertiary/aromatic N) is 1. The zero-order chi connectivity index (χ0) is 12.9. The third-order valence-electron chi connectivity index (χ3n) is 4.22. The second kappa shape index (κ2) is 4.09. The number of amides is 1. The summed E-state index contributed by atoms with van der Waals surface area (Å²) in [6.45, 7) is 4.22. The first-order chi connectivity index (χ1) is 8.58. The van der Waals surface area contributed by atoms with Crippen molar-refractivity contribution < 1.29 is 4.79 Å². The molecule has 1 heterocycles. The van der Waals surface area contributed by atoms with E-state index >= 15 is 0 Å². The minimum atomic E-state index is -0.0554. The number of hydrogen-bond donors (Lipinski definition) is 1. The van der Waals surface area contributed by atoms with Crippen LogP contribution >= 0.6 is 0 Å². The normalized spacial score (nSPS) is 27.9. The van der Waals surface area contributed by atoms with E-state index in [2.05, 4.69) is 32.0 Å². The predicted octanol–water partition coefficient (Wildman–Crippen LogP) is 2.07. The summed E-state index contributed by atoms with van der Waals surface area (Å²) in [4.78, 5) is 14.1. The maximum absolute atomic E-state index is 12.0. The van der Waals surface area contributed by atoms with Gasteiger partial charge in [-0.15, -0.1) is 0 Å². The molecule has 1 aromatic carbocycles. The molecule has 1 amide bonds. The van der Waals surface area contributed by atoms with Crippen LogP contribution in [0.25, 0.3) is 0 Å². The lowest BCUT2D eigenvalue weighted by atomic mass is 9.97. The first-order valence-electron chi connectivity index (χ1n) is 6.72. The van der Waals surface area contributed by atoms with E-state index < -0.39 is 0 Å². The van der Waals surface area contributed by atoms with E-state index in [1.807, 2.05) is 4.90 Å². The maximum Gasteiger partial charge on any atom is 0.225 e. The Morgan fingerprint density at radius 2 is 1.94 bits per heavy atom. The van der Waals surface area contributed by atoms with Crippen LogP contribution in [0.2, 0.25) is 0 Å². The highest BCUT2D eigenvalue weighted by Crippen LogP contribution is 2.41. The quantitative estimate of drug-likeness (QED) is 0.865. The van der Waals surface area contributed by atoms with Gasteiger partial charge >= 0.3 is 0 Å². The van der Waals surface area contributed by atoms with E-state index in [0.29, 0.717) is 12.5 Å². The average Bonchev–Trinajstić information content (AvgIpc) is 3.09. The van der Waals surface area contributed by atoms with Crippen LogP contribution < -0.4 is 5.73 Å². The van der Waals surface area contributed by atoms with Gasteiger partial charge in [-0.25, -0.2) is 0 Å². The van der Waals surface area contributed by atoms with Gasteiger partial charge in [-0.05, 0) is 43.4 Å². The first kappa shape index (κ1) is 11.7. The second-order valence-electron chi connectivity index (χ2n) is 5.69. The Morgan fingerprint density at radius 1 is 1.22 bits per heavy atom. The molecule has 1 aliphatic carbocycles. The third-order valence-corrected chi connectivity index (χ3v) is 4.22. The second-order valence-corrected chi connectivity index (χ2v) is 5.69. The van der Waals surface area contributed by atoms with Crippen LogP contribution in [0.15, 0.2) is 18.2 Å². The minimum absolute atomic E-state index is 0.0554. The molecular weight excluding hydrogens is 224 g/mol. The molecule has 0 spiro atoms. The van der Waals surface area contributed by atoms with E-state index in [1.165, 1.54) is 16.7 Å². The number of carbonyl (C=O) groups excluding carboxylic acids is 1. The lowest BCUT2D eigenvalue weighted by molar-refractivity contribution is -0.129. The molecule has 2 aliphatic rings. The summed E-state index contributed by atoms with van der Waals surface area (Å²) in [5.74, 6) is 0.230. The number of carbonyl (C=O) groups is 1. The molecule has 2 atom stereocenters. The van der Waals surface area contributed by atoms with Crippen LogP contribution in [0.1, 0.15) is 42.0 Å². The number of likely N-dealkylation sites (tertiary alicyclic amines) is 1. The molecule has 3 nitrogen and oxygen atoms in total. The van der Waals surface area contributed by atoms with Crippen molar-refractivity contribution in [2.75, 3.05) is 0 Å². The molecule has 3 rings (SSSR count). The average molecular weight is 244 g/mol. The molecule has 2 unspecified atom stereocenters. The lowest BCUT2D eigenvalue weighted by Gasteiger charge is -2.27. The highest BCUT2D eigenvalue weighted by molar-refractivity contribution is 5.81. The Kier molecular flexibility index (Phi) is 2.67. The fourth-order valence-corrected chi connectivity index (χ4v) is 2.92. The molecule has 0 bridgehead atoms. The smallest absolute Gasteiger partial charge is 0.225 e. The van der Waals surface area contributed by atoms with Gasteiger partial charge in [0.15, 0.2) is 0 Å². The van der Waals surface area contributed by atoms with Gasteiger partial charge in [0.25, 0.3) is 0 Å². The molecule has 2 fully saturated rings. The van der Waals surface area contributed by atoms with Crippen LogP contribution in [0.4, 0.5) is 0 Å². The number of aryl methyl sites for hydroxylation is 2. The topological polar surface area (TPSA) is 46.3 Å². The Morgan fingerprint density at radius 3 is 2.56 bits per heavy atom. The van der Waals surface area contributed by atoms with E-state index in [-0.39, 0.29) is 18.0 Å². The zero-order valence-corrected chi connectivity index (χ0v) is 11.0. The molecule has 1 saturated heterocycles. The van der Waals surface area contributed by atoms with Crippen LogP contribution in [-0.4, -0.2) is 22.9 Å². The maximum atomic E-state index is 12.0. The van der Waals surface area contributed by atoms with Crippen molar-refractivity contribution in [3.8, 4) is 0 Å². The largest absolute Gasteiger partial charge is 0.331 e. The van der Waals surface area contributed by atoms with E-state index in [1.54, 1.807) is 0 Å². The Balaban J connectivity index is 1.97. The zero-order valence-electron chi connectivity index (χ0n) is 11.0. The highest BCUT2D eigenvalue weighted by atomic mass is 16.2. The van der Waals surface area contributed by atoms with Gasteiger partial charge in [-0.2, -0.15) is 0 Å². The van der Waals surface area contributed by atoms with Gasteiger partial charge in [-0.1, -0.05) is 18.2 Å². The standard InChI is InChI=1S/C15H20N2O/c1-9-3-4-11(7-10(9)2)15-13(16)8-14(18)17(15)12-5-6-12/h3-4,7,12-13,15H,5-6,8,16H2,1-2H3. The fourth-order valence-electron chi connectivity index (χ4n) is 2.92. The molecule has 1 aromatic rings. The number of hydrogen-bond acceptors (Lipinski definition) is 2. The van der Waals surface area contributed by atoms with E-state index in [4.69, 9.17) is 5.73 Å². The van der Waals surface area contributed by atoms with Crippen molar-refractivity contribution in [3.05, 3.63) is 34.9 Å². The Bertz CT molecular complexity index is 493. The SMILES string of the molecule is Cc1ccc(C2C(N)CC(=O)N2C2CC2)cc1C. The highest BCUT2D eigenvalue weighted by Gasteiger charge is 2.45. The number of benzene rings is 1. The lowest BCUT2D eigenvalue weighted by Crippen LogP contribution is -2.34. The molecule has 18 heavy (non-hydrogen) atoms. The monoisotopic (exact) mass is 244 g/mol. The van der Waals surface area contributed by atoms with Gasteiger partial charge < -0.3 is 10.6 Å².